The number of amides is 1. The minimum atomic E-state index is -0.321. The van der Waals surface area contributed by atoms with Gasteiger partial charge in [-0.3, -0.25) is 4.79 Å². The van der Waals surface area contributed by atoms with Crippen LogP contribution in [0, 0.1) is 0 Å². The lowest BCUT2D eigenvalue weighted by molar-refractivity contribution is -0.134. The number of nitrogens with one attached hydrogen (secondary N) is 1. The number of carbonyl (C=O) groups is 1. The summed E-state index contributed by atoms with van der Waals surface area (Å²) in [5.74, 6) is -0.0000926. The van der Waals surface area contributed by atoms with Gasteiger partial charge in [0.15, 0.2) is 0 Å². The van der Waals surface area contributed by atoms with Gasteiger partial charge in [-0.2, -0.15) is 0 Å². The van der Waals surface area contributed by atoms with Gasteiger partial charge in [-0.1, -0.05) is 12.8 Å². The Labute approximate surface area is 108 Å². The summed E-state index contributed by atoms with van der Waals surface area (Å²) < 4.78 is 11.0. The molecule has 0 radical (unpaired) electrons. The minimum Gasteiger partial charge on any atom is -0.379 e. The normalized spacial score (nSPS) is 36.6. The van der Waals surface area contributed by atoms with E-state index >= 15 is 0 Å². The standard InChI is InChI=1S/C13H24N2O3/c1-17-11-5-3-2-4-10(11)15-13(16)12-7-6-9(8-14)18-12/h9-12H,2-8,14H2,1H3,(H,15,16)/t9-,10?,11?,12+/m1/s1. The molecule has 0 spiro atoms. The molecule has 1 saturated heterocycles. The van der Waals surface area contributed by atoms with Crippen molar-refractivity contribution in [2.45, 2.75) is 62.9 Å². The van der Waals surface area contributed by atoms with Gasteiger partial charge in [-0.15, -0.1) is 0 Å². The summed E-state index contributed by atoms with van der Waals surface area (Å²) in [6.45, 7) is 0.494. The monoisotopic (exact) mass is 256 g/mol. The third-order valence-corrected chi connectivity index (χ3v) is 4.00. The van der Waals surface area contributed by atoms with Crippen LogP contribution in [0.5, 0.6) is 0 Å². The molecule has 0 aromatic rings. The van der Waals surface area contributed by atoms with Gasteiger partial charge in [-0.25, -0.2) is 0 Å². The summed E-state index contributed by atoms with van der Waals surface area (Å²) in [7, 11) is 1.71. The molecule has 0 aromatic heterocycles. The summed E-state index contributed by atoms with van der Waals surface area (Å²) in [5.41, 5.74) is 5.55. The Morgan fingerprint density at radius 3 is 2.78 bits per heavy atom. The van der Waals surface area contributed by atoms with Crippen molar-refractivity contribution in [1.82, 2.24) is 5.32 Å². The van der Waals surface area contributed by atoms with Crippen molar-refractivity contribution in [1.29, 1.82) is 0 Å². The third kappa shape index (κ3) is 3.22. The Kier molecular flexibility index (Phi) is 4.97. The Bertz CT molecular complexity index is 285. The zero-order chi connectivity index (χ0) is 13.0. The fourth-order valence-corrected chi connectivity index (χ4v) is 2.89. The highest BCUT2D eigenvalue weighted by atomic mass is 16.5. The van der Waals surface area contributed by atoms with Crippen molar-refractivity contribution in [2.24, 2.45) is 5.73 Å². The molecule has 18 heavy (non-hydrogen) atoms. The summed E-state index contributed by atoms with van der Waals surface area (Å²) >= 11 is 0. The van der Waals surface area contributed by atoms with E-state index in [9.17, 15) is 4.79 Å². The average molecular weight is 256 g/mol. The molecule has 2 rings (SSSR count). The number of methoxy groups -OCH3 is 1. The highest BCUT2D eigenvalue weighted by Crippen LogP contribution is 2.23. The molecule has 0 bridgehead atoms. The molecule has 2 fully saturated rings. The van der Waals surface area contributed by atoms with Crippen LogP contribution in [0.4, 0.5) is 0 Å². The van der Waals surface area contributed by atoms with Crippen molar-refractivity contribution in [3.05, 3.63) is 0 Å². The fraction of sp³-hybridized carbons (Fsp3) is 0.923. The van der Waals surface area contributed by atoms with Crippen molar-refractivity contribution in [3.63, 3.8) is 0 Å². The van der Waals surface area contributed by atoms with Gasteiger partial charge in [-0.05, 0) is 25.7 Å². The SMILES string of the molecule is COC1CCCCC1NC(=O)[C@@H]1CC[C@H](CN)O1. The maximum Gasteiger partial charge on any atom is 0.249 e. The fourth-order valence-electron chi connectivity index (χ4n) is 2.89. The number of ether oxygens (including phenoxy) is 2. The van der Waals surface area contributed by atoms with Gasteiger partial charge in [0.05, 0.1) is 18.2 Å². The molecule has 3 N–H and O–H groups in total. The van der Waals surface area contributed by atoms with Crippen molar-refractivity contribution in [3.8, 4) is 0 Å². The molecule has 104 valence electrons. The van der Waals surface area contributed by atoms with E-state index in [-0.39, 0.29) is 30.3 Å². The Hall–Kier alpha value is -0.650. The highest BCUT2D eigenvalue weighted by Gasteiger charge is 2.33. The summed E-state index contributed by atoms with van der Waals surface area (Å²) in [6, 6.07) is 0.136. The molecule has 1 heterocycles. The number of hydrogen-bond donors (Lipinski definition) is 2. The molecule has 5 nitrogen and oxygen atoms in total. The van der Waals surface area contributed by atoms with Crippen LogP contribution in [-0.4, -0.2) is 43.9 Å². The van der Waals surface area contributed by atoms with E-state index in [4.69, 9.17) is 15.2 Å². The van der Waals surface area contributed by atoms with Gasteiger partial charge in [0.2, 0.25) is 5.91 Å². The van der Waals surface area contributed by atoms with E-state index in [0.717, 1.165) is 32.1 Å². The summed E-state index contributed by atoms with van der Waals surface area (Å²) in [5, 5.41) is 3.08. The molecule has 1 aliphatic carbocycles. The van der Waals surface area contributed by atoms with Crippen LogP contribution in [-0.2, 0) is 14.3 Å². The lowest BCUT2D eigenvalue weighted by Gasteiger charge is -2.31. The van der Waals surface area contributed by atoms with Gasteiger partial charge in [0.1, 0.15) is 6.10 Å². The third-order valence-electron chi connectivity index (χ3n) is 4.00. The maximum absolute atomic E-state index is 12.1. The van der Waals surface area contributed by atoms with E-state index in [1.807, 2.05) is 0 Å². The molecule has 1 saturated carbocycles. The van der Waals surface area contributed by atoms with Crippen LogP contribution < -0.4 is 11.1 Å². The molecular weight excluding hydrogens is 232 g/mol. The predicted octanol–water partition coefficient (Wildman–Crippen LogP) is 0.567. The van der Waals surface area contributed by atoms with Crippen LogP contribution in [0.3, 0.4) is 0 Å². The molecular formula is C13H24N2O3. The number of carbonyl (C=O) groups excluding carboxylic acids is 1. The first-order chi connectivity index (χ1) is 8.74. The highest BCUT2D eigenvalue weighted by molar-refractivity contribution is 5.81. The van der Waals surface area contributed by atoms with Gasteiger partial charge in [0.25, 0.3) is 0 Å². The zero-order valence-corrected chi connectivity index (χ0v) is 11.1. The van der Waals surface area contributed by atoms with Crippen LogP contribution in [0.1, 0.15) is 38.5 Å². The van der Waals surface area contributed by atoms with Crippen LogP contribution in [0.15, 0.2) is 0 Å². The number of hydrogen-bond acceptors (Lipinski definition) is 4. The topological polar surface area (TPSA) is 73.6 Å². The summed E-state index contributed by atoms with van der Waals surface area (Å²) in [4.78, 5) is 12.1. The zero-order valence-electron chi connectivity index (χ0n) is 11.1. The molecule has 2 aliphatic rings. The van der Waals surface area contributed by atoms with Gasteiger partial charge >= 0.3 is 0 Å². The first-order valence-corrected chi connectivity index (χ1v) is 6.93. The largest absolute Gasteiger partial charge is 0.379 e. The van der Waals surface area contributed by atoms with Crippen LogP contribution >= 0.6 is 0 Å². The second kappa shape index (κ2) is 6.50. The molecule has 0 aromatic carbocycles. The average Bonchev–Trinajstić information content (AvgIpc) is 2.88. The predicted molar refractivity (Wildman–Crippen MR) is 68.1 cm³/mol. The van der Waals surface area contributed by atoms with Crippen molar-refractivity contribution in [2.75, 3.05) is 13.7 Å². The molecule has 1 amide bonds. The van der Waals surface area contributed by atoms with E-state index in [1.54, 1.807) is 7.11 Å². The molecule has 1 aliphatic heterocycles. The Morgan fingerprint density at radius 1 is 1.33 bits per heavy atom. The van der Waals surface area contributed by atoms with Gasteiger partial charge < -0.3 is 20.5 Å². The second-order valence-electron chi connectivity index (χ2n) is 5.23. The second-order valence-corrected chi connectivity index (χ2v) is 5.23. The maximum atomic E-state index is 12.1. The van der Waals surface area contributed by atoms with Crippen LogP contribution in [0.25, 0.3) is 0 Å². The van der Waals surface area contributed by atoms with Crippen LogP contribution in [0.2, 0.25) is 0 Å². The van der Waals surface area contributed by atoms with Crippen molar-refractivity contribution >= 4 is 5.91 Å². The first-order valence-electron chi connectivity index (χ1n) is 6.93. The minimum absolute atomic E-state index is 0.0000926. The first kappa shape index (κ1) is 13.8. The van der Waals surface area contributed by atoms with E-state index in [1.165, 1.54) is 6.42 Å². The smallest absolute Gasteiger partial charge is 0.249 e. The summed E-state index contributed by atoms with van der Waals surface area (Å²) in [6.07, 6.45) is 5.89. The molecule has 2 unspecified atom stereocenters. The lowest BCUT2D eigenvalue weighted by atomic mass is 9.92. The van der Waals surface area contributed by atoms with Crippen molar-refractivity contribution < 1.29 is 14.3 Å². The number of nitrogens with two attached hydrogens (primary N) is 1. The Balaban J connectivity index is 1.83. The molecule has 5 heteroatoms. The lowest BCUT2D eigenvalue weighted by Crippen LogP contribution is -2.49. The van der Waals surface area contributed by atoms with E-state index < -0.39 is 0 Å². The van der Waals surface area contributed by atoms with Gasteiger partial charge in [0, 0.05) is 13.7 Å². The molecule has 4 atom stereocenters. The number of rotatable bonds is 4. The quantitative estimate of drug-likeness (QED) is 0.771. The van der Waals surface area contributed by atoms with E-state index in [0.29, 0.717) is 6.54 Å². The van der Waals surface area contributed by atoms with E-state index in [2.05, 4.69) is 5.32 Å². The Morgan fingerprint density at radius 2 is 2.11 bits per heavy atom.